The van der Waals surface area contributed by atoms with Crippen LogP contribution in [0.3, 0.4) is 0 Å². The number of nitrogens with zero attached hydrogens (tertiary/aromatic N) is 3. The topological polar surface area (TPSA) is 56.7 Å². The normalized spacial score (nSPS) is 20.1. The monoisotopic (exact) mass is 220 g/mol. The first-order valence-electron chi connectivity index (χ1n) is 5.05. The van der Waals surface area contributed by atoms with Crippen molar-refractivity contribution in [2.45, 2.75) is 25.3 Å². The van der Waals surface area contributed by atoms with Crippen molar-refractivity contribution in [2.75, 3.05) is 5.73 Å². The van der Waals surface area contributed by atoms with Crippen LogP contribution in [-0.2, 0) is 13.0 Å². The highest BCUT2D eigenvalue weighted by Gasteiger charge is 2.23. The lowest BCUT2D eigenvalue weighted by atomic mass is 9.96. The molecule has 78 valence electrons. The third-order valence-electron chi connectivity index (χ3n) is 2.83. The summed E-state index contributed by atoms with van der Waals surface area (Å²) in [7, 11) is 0. The Labute approximate surface area is 91.7 Å². The van der Waals surface area contributed by atoms with Gasteiger partial charge in [0.1, 0.15) is 5.82 Å². The first-order valence-corrected chi connectivity index (χ1v) is 5.93. The van der Waals surface area contributed by atoms with E-state index in [1.807, 2.05) is 16.0 Å². The Hall–Kier alpha value is -1.36. The van der Waals surface area contributed by atoms with Gasteiger partial charge in [0.15, 0.2) is 0 Å². The number of aryl methyl sites for hydroxylation is 1. The Morgan fingerprint density at radius 3 is 3.27 bits per heavy atom. The van der Waals surface area contributed by atoms with Crippen molar-refractivity contribution in [3.63, 3.8) is 0 Å². The smallest absolute Gasteiger partial charge is 0.239 e. The molecule has 0 aliphatic carbocycles. The summed E-state index contributed by atoms with van der Waals surface area (Å²) in [6.45, 7) is 0.933. The fourth-order valence-electron chi connectivity index (χ4n) is 2.09. The van der Waals surface area contributed by atoms with Crippen LogP contribution in [-0.4, -0.2) is 14.8 Å². The minimum atomic E-state index is 0.400. The summed E-state index contributed by atoms with van der Waals surface area (Å²) >= 11 is 1.82. The molecular formula is C10H12N4S. The maximum Gasteiger partial charge on any atom is 0.239 e. The molecule has 1 unspecified atom stereocenters. The zero-order valence-corrected chi connectivity index (χ0v) is 9.07. The van der Waals surface area contributed by atoms with E-state index < -0.39 is 0 Å². The van der Waals surface area contributed by atoms with Crippen molar-refractivity contribution in [2.24, 2.45) is 0 Å². The molecule has 3 rings (SSSR count). The van der Waals surface area contributed by atoms with Crippen LogP contribution in [0.4, 0.5) is 5.95 Å². The Bertz CT molecular complexity index is 460. The summed E-state index contributed by atoms with van der Waals surface area (Å²) in [4.78, 5) is 5.69. The minimum Gasteiger partial charge on any atom is -0.366 e. The van der Waals surface area contributed by atoms with Gasteiger partial charge in [-0.2, -0.15) is 4.98 Å². The largest absolute Gasteiger partial charge is 0.366 e. The predicted octanol–water partition coefficient (Wildman–Crippen LogP) is 1.65. The third kappa shape index (κ3) is 1.52. The van der Waals surface area contributed by atoms with Gasteiger partial charge in [-0.3, -0.25) is 0 Å². The SMILES string of the molecule is Nc1nc2n(n1)CCC(c1cccs1)C2. The molecule has 2 N–H and O–H groups in total. The van der Waals surface area contributed by atoms with Gasteiger partial charge in [0, 0.05) is 23.8 Å². The maximum atomic E-state index is 5.58. The molecular weight excluding hydrogens is 208 g/mol. The van der Waals surface area contributed by atoms with Crippen molar-refractivity contribution in [3.8, 4) is 0 Å². The van der Waals surface area contributed by atoms with E-state index in [4.69, 9.17) is 5.73 Å². The van der Waals surface area contributed by atoms with E-state index in [1.54, 1.807) is 0 Å². The molecule has 0 spiro atoms. The highest BCUT2D eigenvalue weighted by Crippen LogP contribution is 2.31. The van der Waals surface area contributed by atoms with Crippen LogP contribution in [0, 0.1) is 0 Å². The summed E-state index contributed by atoms with van der Waals surface area (Å²) in [6, 6.07) is 4.30. The first kappa shape index (κ1) is 8.91. The minimum absolute atomic E-state index is 0.400. The fraction of sp³-hybridized carbons (Fsp3) is 0.400. The lowest BCUT2D eigenvalue weighted by Crippen LogP contribution is -2.18. The number of nitrogen functional groups attached to an aromatic ring is 1. The quantitative estimate of drug-likeness (QED) is 0.795. The van der Waals surface area contributed by atoms with Crippen LogP contribution < -0.4 is 5.73 Å². The van der Waals surface area contributed by atoms with Crippen molar-refractivity contribution in [3.05, 3.63) is 28.2 Å². The Kier molecular flexibility index (Phi) is 1.98. The zero-order chi connectivity index (χ0) is 10.3. The zero-order valence-electron chi connectivity index (χ0n) is 8.26. The molecule has 0 aromatic carbocycles. The van der Waals surface area contributed by atoms with E-state index in [0.29, 0.717) is 11.9 Å². The van der Waals surface area contributed by atoms with Crippen molar-refractivity contribution in [1.82, 2.24) is 14.8 Å². The second-order valence-corrected chi connectivity index (χ2v) is 4.79. The highest BCUT2D eigenvalue weighted by molar-refractivity contribution is 7.10. The van der Waals surface area contributed by atoms with Crippen LogP contribution >= 0.6 is 11.3 Å². The summed E-state index contributed by atoms with van der Waals surface area (Å²) in [5.74, 6) is 2.02. The number of nitrogens with two attached hydrogens (primary N) is 1. The molecule has 1 atom stereocenters. The van der Waals surface area contributed by atoms with Crippen LogP contribution in [0.15, 0.2) is 17.5 Å². The number of hydrogen-bond acceptors (Lipinski definition) is 4. The van der Waals surface area contributed by atoms with Crippen molar-refractivity contribution < 1.29 is 0 Å². The lowest BCUT2D eigenvalue weighted by molar-refractivity contribution is 0.438. The molecule has 5 heteroatoms. The molecule has 1 aliphatic rings. The van der Waals surface area contributed by atoms with Gasteiger partial charge >= 0.3 is 0 Å². The molecule has 3 heterocycles. The number of aromatic nitrogens is 3. The number of rotatable bonds is 1. The molecule has 2 aromatic heterocycles. The van der Waals surface area contributed by atoms with Gasteiger partial charge in [-0.15, -0.1) is 16.4 Å². The van der Waals surface area contributed by atoms with E-state index in [0.717, 1.165) is 25.2 Å². The molecule has 0 amide bonds. The van der Waals surface area contributed by atoms with E-state index in [-0.39, 0.29) is 0 Å². The second kappa shape index (κ2) is 3.34. The molecule has 15 heavy (non-hydrogen) atoms. The molecule has 2 aromatic rings. The van der Waals surface area contributed by atoms with E-state index in [2.05, 4.69) is 27.6 Å². The summed E-state index contributed by atoms with van der Waals surface area (Å²) in [5.41, 5.74) is 5.58. The second-order valence-electron chi connectivity index (χ2n) is 3.81. The lowest BCUT2D eigenvalue weighted by Gasteiger charge is -2.20. The fourth-order valence-corrected chi connectivity index (χ4v) is 2.96. The molecule has 0 saturated heterocycles. The predicted molar refractivity (Wildman–Crippen MR) is 59.8 cm³/mol. The highest BCUT2D eigenvalue weighted by atomic mass is 32.1. The van der Waals surface area contributed by atoms with Gasteiger partial charge in [0.2, 0.25) is 5.95 Å². The molecule has 1 aliphatic heterocycles. The summed E-state index contributed by atoms with van der Waals surface area (Å²) in [6.07, 6.45) is 2.10. The van der Waals surface area contributed by atoms with Gasteiger partial charge in [-0.05, 0) is 17.9 Å². The van der Waals surface area contributed by atoms with Crippen molar-refractivity contribution in [1.29, 1.82) is 0 Å². The average Bonchev–Trinajstić information content (AvgIpc) is 2.82. The summed E-state index contributed by atoms with van der Waals surface area (Å²) in [5, 5.41) is 6.28. The molecule has 4 nitrogen and oxygen atoms in total. The number of anilines is 1. The van der Waals surface area contributed by atoms with E-state index >= 15 is 0 Å². The van der Waals surface area contributed by atoms with Crippen molar-refractivity contribution >= 4 is 17.3 Å². The first-order chi connectivity index (χ1) is 7.33. The van der Waals surface area contributed by atoms with Gasteiger partial charge in [-0.1, -0.05) is 6.07 Å². The van der Waals surface area contributed by atoms with Gasteiger partial charge in [0.05, 0.1) is 0 Å². The van der Waals surface area contributed by atoms with Gasteiger partial charge < -0.3 is 5.73 Å². The Morgan fingerprint density at radius 1 is 1.53 bits per heavy atom. The number of hydrogen-bond donors (Lipinski definition) is 1. The van der Waals surface area contributed by atoms with E-state index in [9.17, 15) is 0 Å². The number of fused-ring (bicyclic) bond motifs is 1. The van der Waals surface area contributed by atoms with E-state index in [1.165, 1.54) is 4.88 Å². The standard InChI is InChI=1S/C10H12N4S/c11-10-12-9-6-7(3-4-14(9)13-10)8-2-1-5-15-8/h1-2,5,7H,3-4,6H2,(H2,11,13). The number of thiophene rings is 1. The molecule has 0 fully saturated rings. The molecule has 0 bridgehead atoms. The Balaban J connectivity index is 1.89. The third-order valence-corrected chi connectivity index (χ3v) is 3.86. The van der Waals surface area contributed by atoms with Crippen LogP contribution in [0.1, 0.15) is 23.0 Å². The van der Waals surface area contributed by atoms with Crippen LogP contribution in [0.25, 0.3) is 0 Å². The van der Waals surface area contributed by atoms with Crippen LogP contribution in [0.5, 0.6) is 0 Å². The maximum absolute atomic E-state index is 5.58. The molecule has 0 saturated carbocycles. The van der Waals surface area contributed by atoms with Crippen LogP contribution in [0.2, 0.25) is 0 Å². The summed E-state index contributed by atoms with van der Waals surface area (Å²) < 4.78 is 1.93. The molecule has 0 radical (unpaired) electrons. The Morgan fingerprint density at radius 2 is 2.47 bits per heavy atom. The van der Waals surface area contributed by atoms with Gasteiger partial charge in [-0.25, -0.2) is 4.68 Å². The average molecular weight is 220 g/mol. The van der Waals surface area contributed by atoms with Gasteiger partial charge in [0.25, 0.3) is 0 Å².